The molecular formula is C21H18Cl2N6O2. The Balaban J connectivity index is 1.76. The number of rotatable bonds is 6. The zero-order valence-electron chi connectivity index (χ0n) is 16.2. The molecule has 8 nitrogen and oxygen atoms in total. The predicted molar refractivity (Wildman–Crippen MR) is 122 cm³/mol. The highest BCUT2D eigenvalue weighted by Gasteiger charge is 2.17. The predicted octanol–water partition coefficient (Wildman–Crippen LogP) is 4.48. The summed E-state index contributed by atoms with van der Waals surface area (Å²) in [6.45, 7) is 0.153. The first-order valence-corrected chi connectivity index (χ1v) is 9.79. The standard InChI is InChI=1S/C21H18Cl2N6O2/c22-17-7-3-15(4-8-17)12-26-28-20(24)29(21(30)25-14-19-2-1-11-31-19)27-13-16-5-9-18(23)10-6-16/h1-13H,14H2,(H2,24,28)(H,25,30)/b26-12+,27-13+. The molecule has 0 aliphatic rings. The highest BCUT2D eigenvalue weighted by atomic mass is 35.5. The van der Waals surface area contributed by atoms with Crippen molar-refractivity contribution in [3.63, 3.8) is 0 Å². The number of benzene rings is 2. The molecule has 2 amide bonds. The zero-order chi connectivity index (χ0) is 22.1. The van der Waals surface area contributed by atoms with Crippen molar-refractivity contribution in [3.05, 3.63) is 93.9 Å². The van der Waals surface area contributed by atoms with Gasteiger partial charge in [0.15, 0.2) is 0 Å². The maximum atomic E-state index is 12.6. The van der Waals surface area contributed by atoms with Gasteiger partial charge in [-0.15, -0.1) is 10.1 Å². The van der Waals surface area contributed by atoms with E-state index >= 15 is 0 Å². The van der Waals surface area contributed by atoms with Crippen LogP contribution in [0.2, 0.25) is 10.0 Å². The second kappa shape index (κ2) is 11.0. The molecule has 0 bridgehead atoms. The molecular weight excluding hydrogens is 439 g/mol. The topological polar surface area (TPSA) is 109 Å². The van der Waals surface area contributed by atoms with Gasteiger partial charge in [0.1, 0.15) is 5.76 Å². The van der Waals surface area contributed by atoms with E-state index in [1.165, 1.54) is 18.7 Å². The van der Waals surface area contributed by atoms with Crippen molar-refractivity contribution in [2.75, 3.05) is 0 Å². The lowest BCUT2D eigenvalue weighted by Crippen LogP contribution is -2.43. The van der Waals surface area contributed by atoms with Gasteiger partial charge in [0, 0.05) is 10.0 Å². The fourth-order valence-electron chi connectivity index (χ4n) is 2.29. The number of nitrogens with zero attached hydrogens (tertiary/aromatic N) is 4. The fraction of sp³-hybridized carbons (Fsp3) is 0.0476. The highest BCUT2D eigenvalue weighted by Crippen LogP contribution is 2.09. The summed E-state index contributed by atoms with van der Waals surface area (Å²) in [6, 6.07) is 16.7. The van der Waals surface area contributed by atoms with Gasteiger partial charge < -0.3 is 15.5 Å². The van der Waals surface area contributed by atoms with Gasteiger partial charge in [0.05, 0.1) is 25.2 Å². The number of halogens is 2. The van der Waals surface area contributed by atoms with Crippen molar-refractivity contribution >= 4 is 47.6 Å². The van der Waals surface area contributed by atoms with Gasteiger partial charge >= 0.3 is 6.03 Å². The van der Waals surface area contributed by atoms with Gasteiger partial charge in [0.2, 0.25) is 5.96 Å². The van der Waals surface area contributed by atoms with Crippen LogP contribution < -0.4 is 11.1 Å². The first-order chi connectivity index (χ1) is 15.0. The number of nitrogens with one attached hydrogen (secondary N) is 1. The second-order valence-electron chi connectivity index (χ2n) is 6.10. The summed E-state index contributed by atoms with van der Waals surface area (Å²) in [4.78, 5) is 12.6. The summed E-state index contributed by atoms with van der Waals surface area (Å²) >= 11 is 11.8. The van der Waals surface area contributed by atoms with Crippen molar-refractivity contribution in [2.45, 2.75) is 6.54 Å². The third-order valence-electron chi connectivity index (χ3n) is 3.83. The average molecular weight is 457 g/mol. The molecule has 0 unspecified atom stereocenters. The Bertz CT molecular complexity index is 1080. The van der Waals surface area contributed by atoms with Crippen LogP contribution in [-0.2, 0) is 6.54 Å². The average Bonchev–Trinajstić information content (AvgIpc) is 3.29. The minimum atomic E-state index is -0.607. The van der Waals surface area contributed by atoms with Crippen LogP contribution in [0.25, 0.3) is 0 Å². The molecule has 0 saturated carbocycles. The molecule has 0 spiro atoms. The number of hydrogen-bond acceptors (Lipinski definition) is 5. The molecule has 2 aromatic carbocycles. The molecule has 0 aliphatic carbocycles. The van der Waals surface area contributed by atoms with E-state index in [4.69, 9.17) is 33.4 Å². The van der Waals surface area contributed by atoms with Gasteiger partial charge in [-0.25, -0.2) is 4.79 Å². The molecule has 3 rings (SSSR count). The van der Waals surface area contributed by atoms with Crippen molar-refractivity contribution in [3.8, 4) is 0 Å². The Morgan fingerprint density at radius 3 is 2.19 bits per heavy atom. The Morgan fingerprint density at radius 2 is 1.61 bits per heavy atom. The lowest BCUT2D eigenvalue weighted by atomic mass is 10.2. The van der Waals surface area contributed by atoms with Gasteiger partial charge in [-0.3, -0.25) is 0 Å². The number of guanidine groups is 1. The maximum absolute atomic E-state index is 12.6. The molecule has 0 radical (unpaired) electrons. The highest BCUT2D eigenvalue weighted by molar-refractivity contribution is 6.30. The number of carbonyl (C=O) groups excluding carboxylic acids is 1. The van der Waals surface area contributed by atoms with Crippen LogP contribution in [0.5, 0.6) is 0 Å². The monoisotopic (exact) mass is 456 g/mol. The summed E-state index contributed by atoms with van der Waals surface area (Å²) in [7, 11) is 0. The summed E-state index contributed by atoms with van der Waals surface area (Å²) < 4.78 is 5.21. The number of hydrogen-bond donors (Lipinski definition) is 2. The normalized spacial score (nSPS) is 11.9. The summed E-state index contributed by atoms with van der Waals surface area (Å²) in [5.41, 5.74) is 7.44. The second-order valence-corrected chi connectivity index (χ2v) is 6.97. The van der Waals surface area contributed by atoms with Crippen LogP contribution >= 0.6 is 23.2 Å². The molecule has 0 saturated heterocycles. The van der Waals surface area contributed by atoms with E-state index in [0.717, 1.165) is 10.6 Å². The number of carbonyl (C=O) groups is 1. The fourth-order valence-corrected chi connectivity index (χ4v) is 2.54. The van der Waals surface area contributed by atoms with Crippen LogP contribution in [0.3, 0.4) is 0 Å². The molecule has 0 aliphatic heterocycles. The van der Waals surface area contributed by atoms with Crippen LogP contribution in [0.15, 0.2) is 86.6 Å². The largest absolute Gasteiger partial charge is 0.467 e. The van der Waals surface area contributed by atoms with E-state index in [-0.39, 0.29) is 12.5 Å². The molecule has 3 aromatic rings. The zero-order valence-corrected chi connectivity index (χ0v) is 17.7. The summed E-state index contributed by atoms with van der Waals surface area (Å²) in [6.07, 6.45) is 4.44. The maximum Gasteiger partial charge on any atom is 0.345 e. The van der Waals surface area contributed by atoms with Crippen molar-refractivity contribution in [1.29, 1.82) is 0 Å². The Kier molecular flexibility index (Phi) is 7.80. The van der Waals surface area contributed by atoms with Crippen LogP contribution in [-0.4, -0.2) is 29.4 Å². The molecule has 1 heterocycles. The van der Waals surface area contributed by atoms with E-state index in [9.17, 15) is 4.79 Å². The number of urea groups is 1. The lowest BCUT2D eigenvalue weighted by molar-refractivity contribution is 0.220. The molecule has 0 atom stereocenters. The Labute approximate surface area is 188 Å². The molecule has 31 heavy (non-hydrogen) atoms. The molecule has 3 N–H and O–H groups in total. The van der Waals surface area contributed by atoms with Crippen LogP contribution in [0.1, 0.15) is 16.9 Å². The number of nitrogens with two attached hydrogens (primary N) is 1. The first kappa shape index (κ1) is 22.1. The lowest BCUT2D eigenvalue weighted by Gasteiger charge is -2.15. The van der Waals surface area contributed by atoms with E-state index < -0.39 is 6.03 Å². The number of amides is 2. The third kappa shape index (κ3) is 6.98. The van der Waals surface area contributed by atoms with E-state index in [2.05, 4.69) is 20.6 Å². The van der Waals surface area contributed by atoms with Gasteiger partial charge in [-0.1, -0.05) is 47.5 Å². The van der Waals surface area contributed by atoms with E-state index in [1.54, 1.807) is 60.7 Å². The molecule has 1 aromatic heterocycles. The van der Waals surface area contributed by atoms with Crippen molar-refractivity contribution in [1.82, 2.24) is 10.3 Å². The van der Waals surface area contributed by atoms with E-state index in [0.29, 0.717) is 21.4 Å². The summed E-state index contributed by atoms with van der Waals surface area (Å²) in [5, 5.41) is 16.7. The van der Waals surface area contributed by atoms with Gasteiger partial charge in [0.25, 0.3) is 0 Å². The van der Waals surface area contributed by atoms with Gasteiger partial charge in [-0.2, -0.15) is 10.2 Å². The van der Waals surface area contributed by atoms with Crippen molar-refractivity contribution in [2.24, 2.45) is 21.0 Å². The molecule has 10 heteroatoms. The van der Waals surface area contributed by atoms with E-state index in [1.807, 2.05) is 0 Å². The molecule has 0 fully saturated rings. The first-order valence-electron chi connectivity index (χ1n) is 9.03. The van der Waals surface area contributed by atoms with Crippen LogP contribution in [0.4, 0.5) is 4.79 Å². The minimum absolute atomic E-state index is 0.153. The van der Waals surface area contributed by atoms with Gasteiger partial charge in [-0.05, 0) is 47.5 Å². The van der Waals surface area contributed by atoms with Crippen molar-refractivity contribution < 1.29 is 9.21 Å². The van der Waals surface area contributed by atoms with Crippen LogP contribution in [0, 0.1) is 0 Å². The smallest absolute Gasteiger partial charge is 0.345 e. The Morgan fingerprint density at radius 1 is 1.00 bits per heavy atom. The Hall–Kier alpha value is -3.62. The number of hydrazone groups is 1. The SMILES string of the molecule is N/C(=N\N=C\c1ccc(Cl)cc1)N(/N=C/c1ccc(Cl)cc1)C(=O)NCc1ccco1. The summed E-state index contributed by atoms with van der Waals surface area (Å²) in [5.74, 6) is 0.346. The molecule has 158 valence electrons. The third-order valence-corrected chi connectivity index (χ3v) is 4.34. The quantitative estimate of drug-likeness (QED) is 0.324. The minimum Gasteiger partial charge on any atom is -0.467 e. The number of furan rings is 1.